The van der Waals surface area contributed by atoms with Crippen LogP contribution in [0.15, 0.2) is 77.5 Å². The first-order valence-electron chi connectivity index (χ1n) is 9.95. The first-order chi connectivity index (χ1) is 15.7. The van der Waals surface area contributed by atoms with Gasteiger partial charge in [0.25, 0.3) is 11.8 Å². The molecule has 0 saturated carbocycles. The van der Waals surface area contributed by atoms with Crippen molar-refractivity contribution in [3.05, 3.63) is 97.7 Å². The summed E-state index contributed by atoms with van der Waals surface area (Å²) < 4.78 is 6.38. The molecular formula is C25H18ClIN2O4. The molecule has 8 heteroatoms. The molecule has 2 amide bonds. The van der Waals surface area contributed by atoms with Gasteiger partial charge in [-0.05, 0) is 102 Å². The number of anilines is 2. The van der Waals surface area contributed by atoms with E-state index in [1.54, 1.807) is 42.5 Å². The van der Waals surface area contributed by atoms with Gasteiger partial charge in [-0.15, -0.1) is 0 Å². The van der Waals surface area contributed by atoms with Gasteiger partial charge in [-0.3, -0.25) is 9.59 Å². The van der Waals surface area contributed by atoms with E-state index in [0.717, 1.165) is 19.6 Å². The van der Waals surface area contributed by atoms with Gasteiger partial charge < -0.3 is 10.1 Å². The number of benzene rings is 3. The molecule has 1 heterocycles. The Kier molecular flexibility index (Phi) is 6.53. The number of nitrogens with one attached hydrogen (secondary N) is 1. The van der Waals surface area contributed by atoms with E-state index in [1.165, 1.54) is 0 Å². The van der Waals surface area contributed by atoms with Crippen molar-refractivity contribution in [1.82, 2.24) is 0 Å². The Labute approximate surface area is 209 Å². The average Bonchev–Trinajstić information content (AvgIpc) is 2.98. The normalized spacial score (nSPS) is 13.5. The molecule has 6 nitrogen and oxygen atoms in total. The molecule has 1 aliphatic rings. The van der Waals surface area contributed by atoms with Crippen LogP contribution < -0.4 is 15.0 Å². The van der Waals surface area contributed by atoms with Crippen LogP contribution in [0.4, 0.5) is 11.4 Å². The van der Waals surface area contributed by atoms with E-state index in [9.17, 15) is 14.4 Å². The van der Waals surface area contributed by atoms with Crippen molar-refractivity contribution >= 4 is 63.4 Å². The maximum atomic E-state index is 13.0. The molecule has 0 radical (unpaired) electrons. The minimum atomic E-state index is -0.591. The van der Waals surface area contributed by atoms with E-state index >= 15 is 0 Å². The van der Waals surface area contributed by atoms with Crippen LogP contribution in [0.5, 0.6) is 5.75 Å². The highest BCUT2D eigenvalue weighted by Gasteiger charge is 2.39. The van der Waals surface area contributed by atoms with E-state index in [4.69, 9.17) is 16.3 Å². The number of rotatable bonds is 5. The average molecular weight is 573 g/mol. The first kappa shape index (κ1) is 23.0. The smallest absolute Gasteiger partial charge is 0.343 e. The maximum Gasteiger partial charge on any atom is 0.343 e. The summed E-state index contributed by atoms with van der Waals surface area (Å²) in [6, 6.07) is 19.0. The van der Waals surface area contributed by atoms with Gasteiger partial charge in [0.2, 0.25) is 0 Å². The van der Waals surface area contributed by atoms with Crippen molar-refractivity contribution < 1.29 is 19.1 Å². The Bertz CT molecular complexity index is 1320. The Morgan fingerprint density at radius 3 is 2.36 bits per heavy atom. The quantitative estimate of drug-likeness (QED) is 0.187. The van der Waals surface area contributed by atoms with Crippen molar-refractivity contribution in [2.45, 2.75) is 13.8 Å². The van der Waals surface area contributed by atoms with Crippen LogP contribution in [0.2, 0.25) is 0 Å². The zero-order valence-corrected chi connectivity index (χ0v) is 20.6. The zero-order valence-electron chi connectivity index (χ0n) is 17.7. The first-order valence-corrected chi connectivity index (χ1v) is 11.4. The molecule has 1 aliphatic heterocycles. The number of hydrogen-bond donors (Lipinski definition) is 1. The number of nitrogens with zero attached hydrogens (tertiary/aromatic N) is 1. The number of halogens is 2. The summed E-state index contributed by atoms with van der Waals surface area (Å²) in [4.78, 5) is 39.2. The SMILES string of the molecule is Cc1cccc(OC(=O)c2ccc(NC3=C(Cl)C(=O)N(c4ccc(I)cc4C)C3=O)cc2)c1. The summed E-state index contributed by atoms with van der Waals surface area (Å²) in [6.45, 7) is 3.74. The van der Waals surface area contributed by atoms with Crippen LogP contribution >= 0.6 is 34.2 Å². The lowest BCUT2D eigenvalue weighted by Gasteiger charge is -2.17. The fraction of sp³-hybridized carbons (Fsp3) is 0.0800. The van der Waals surface area contributed by atoms with Crippen LogP contribution in [0.3, 0.4) is 0 Å². The number of hydrogen-bond acceptors (Lipinski definition) is 5. The summed E-state index contributed by atoms with van der Waals surface area (Å²) in [5, 5.41) is 2.71. The van der Waals surface area contributed by atoms with Gasteiger partial charge in [0.05, 0.1) is 11.3 Å². The standard InChI is InChI=1S/C25H18ClIN2O4/c1-14-4-3-5-19(12-14)33-25(32)16-6-9-18(10-7-16)28-22-21(26)23(30)29(24(22)31)20-11-8-17(27)13-15(20)2/h3-13,28H,1-2H3. The fourth-order valence-electron chi connectivity index (χ4n) is 3.38. The summed E-state index contributed by atoms with van der Waals surface area (Å²) >= 11 is 8.38. The number of ether oxygens (including phenoxy) is 1. The molecule has 0 aromatic heterocycles. The van der Waals surface area contributed by atoms with Crippen LogP contribution in [0.1, 0.15) is 21.5 Å². The lowest BCUT2D eigenvalue weighted by Crippen LogP contribution is -2.32. The highest BCUT2D eigenvalue weighted by Crippen LogP contribution is 2.32. The van der Waals surface area contributed by atoms with E-state index in [1.807, 2.05) is 38.1 Å². The van der Waals surface area contributed by atoms with E-state index < -0.39 is 17.8 Å². The molecular weight excluding hydrogens is 555 g/mol. The predicted octanol–water partition coefficient (Wildman–Crippen LogP) is 5.56. The molecule has 0 fully saturated rings. The Morgan fingerprint density at radius 1 is 0.970 bits per heavy atom. The predicted molar refractivity (Wildman–Crippen MR) is 135 cm³/mol. The molecule has 166 valence electrons. The van der Waals surface area contributed by atoms with Gasteiger partial charge >= 0.3 is 5.97 Å². The minimum absolute atomic E-state index is 0.0188. The molecule has 3 aromatic rings. The maximum absolute atomic E-state index is 13.0. The lowest BCUT2D eigenvalue weighted by atomic mass is 10.2. The number of imide groups is 1. The third-order valence-electron chi connectivity index (χ3n) is 5.02. The lowest BCUT2D eigenvalue weighted by molar-refractivity contribution is -0.120. The molecule has 0 bridgehead atoms. The summed E-state index contributed by atoms with van der Waals surface area (Å²) in [5.74, 6) is -1.18. The van der Waals surface area contributed by atoms with E-state index in [-0.39, 0.29) is 10.7 Å². The number of esters is 1. The Hall–Kier alpha value is -3.17. The number of carbonyl (C=O) groups excluding carboxylic acids is 3. The monoisotopic (exact) mass is 572 g/mol. The molecule has 0 spiro atoms. The van der Waals surface area contributed by atoms with Gasteiger partial charge in [0, 0.05) is 9.26 Å². The van der Waals surface area contributed by atoms with Gasteiger partial charge in [0.15, 0.2) is 0 Å². The molecule has 0 atom stereocenters. The second kappa shape index (κ2) is 9.36. The summed E-state index contributed by atoms with van der Waals surface area (Å²) in [6.07, 6.45) is 0. The van der Waals surface area contributed by atoms with E-state index in [2.05, 4.69) is 27.9 Å². The molecule has 33 heavy (non-hydrogen) atoms. The highest BCUT2D eigenvalue weighted by molar-refractivity contribution is 14.1. The molecule has 1 N–H and O–H groups in total. The van der Waals surface area contributed by atoms with Crippen LogP contribution in [-0.2, 0) is 9.59 Å². The largest absolute Gasteiger partial charge is 0.423 e. The molecule has 0 unspecified atom stereocenters. The van der Waals surface area contributed by atoms with Gasteiger partial charge in [-0.2, -0.15) is 0 Å². The van der Waals surface area contributed by atoms with Crippen molar-refractivity contribution in [3.63, 3.8) is 0 Å². The Morgan fingerprint density at radius 2 is 1.70 bits per heavy atom. The van der Waals surface area contributed by atoms with Gasteiger partial charge in [-0.25, -0.2) is 9.69 Å². The summed E-state index contributed by atoms with van der Waals surface area (Å²) in [7, 11) is 0. The third kappa shape index (κ3) is 4.79. The van der Waals surface area contributed by atoms with Crippen molar-refractivity contribution in [2.24, 2.45) is 0 Å². The topological polar surface area (TPSA) is 75.7 Å². The Balaban J connectivity index is 1.50. The number of amides is 2. The highest BCUT2D eigenvalue weighted by atomic mass is 127. The van der Waals surface area contributed by atoms with Crippen LogP contribution in [0.25, 0.3) is 0 Å². The molecule has 3 aromatic carbocycles. The number of aryl methyl sites for hydroxylation is 2. The third-order valence-corrected chi connectivity index (χ3v) is 6.04. The minimum Gasteiger partial charge on any atom is -0.423 e. The van der Waals surface area contributed by atoms with Crippen molar-refractivity contribution in [2.75, 3.05) is 10.2 Å². The number of carbonyl (C=O) groups is 3. The van der Waals surface area contributed by atoms with Gasteiger partial charge in [0.1, 0.15) is 16.5 Å². The van der Waals surface area contributed by atoms with Gasteiger partial charge in [-0.1, -0.05) is 23.7 Å². The zero-order chi connectivity index (χ0) is 23.7. The van der Waals surface area contributed by atoms with Crippen molar-refractivity contribution in [3.8, 4) is 5.75 Å². The summed E-state index contributed by atoms with van der Waals surface area (Å²) in [5.41, 5.74) is 3.06. The van der Waals surface area contributed by atoms with Crippen LogP contribution in [-0.4, -0.2) is 17.8 Å². The van der Waals surface area contributed by atoms with Crippen molar-refractivity contribution in [1.29, 1.82) is 0 Å². The molecule has 4 rings (SSSR count). The van der Waals surface area contributed by atoms with E-state index in [0.29, 0.717) is 22.7 Å². The fourth-order valence-corrected chi connectivity index (χ4v) is 4.24. The molecule has 0 aliphatic carbocycles. The molecule has 0 saturated heterocycles. The second-order valence-corrected chi connectivity index (χ2v) is 9.10. The second-order valence-electron chi connectivity index (χ2n) is 7.47. The van der Waals surface area contributed by atoms with Crippen LogP contribution in [0, 0.1) is 17.4 Å².